The van der Waals surface area contributed by atoms with Crippen LogP contribution in [0.25, 0.3) is 0 Å². The lowest BCUT2D eigenvalue weighted by atomic mass is 10.1. The second-order valence-electron chi connectivity index (χ2n) is 6.71. The molecule has 1 aromatic heterocycles. The Morgan fingerprint density at radius 2 is 1.93 bits per heavy atom. The summed E-state index contributed by atoms with van der Waals surface area (Å²) in [6.45, 7) is 5.53. The average Bonchev–Trinajstić information content (AvgIpc) is 3.20. The van der Waals surface area contributed by atoms with Crippen LogP contribution in [-0.4, -0.2) is 38.2 Å². The molecule has 1 heterocycles. The van der Waals surface area contributed by atoms with Gasteiger partial charge in [0.05, 0.1) is 18.4 Å². The Balaban J connectivity index is 0.00000392. The van der Waals surface area contributed by atoms with Crippen molar-refractivity contribution in [2.75, 3.05) is 20.7 Å². The van der Waals surface area contributed by atoms with Crippen LogP contribution in [0.15, 0.2) is 52.1 Å². The van der Waals surface area contributed by atoms with Crippen LogP contribution < -0.4 is 16.0 Å². The highest BCUT2D eigenvalue weighted by atomic mass is 127. The number of nitrogens with zero attached hydrogens (tertiary/aromatic N) is 1. The van der Waals surface area contributed by atoms with Gasteiger partial charge in [-0.25, -0.2) is 0 Å². The molecule has 1 amide bonds. The van der Waals surface area contributed by atoms with Crippen LogP contribution in [0.1, 0.15) is 35.5 Å². The predicted molar refractivity (Wildman–Crippen MR) is 121 cm³/mol. The topological polar surface area (TPSA) is 87.9 Å². The molecular formula is C20H29IN4O3. The number of carbonyl (C=O) groups is 1. The van der Waals surface area contributed by atoms with Gasteiger partial charge in [0.2, 0.25) is 0 Å². The van der Waals surface area contributed by atoms with Gasteiger partial charge in [0.1, 0.15) is 5.76 Å². The van der Waals surface area contributed by atoms with Crippen molar-refractivity contribution in [3.8, 4) is 0 Å². The minimum atomic E-state index is -0.288. The standard InChI is InChI=1S/C20H28N4O3.HI/c1-20(2,26-4)14-24-19(21-3)23-12-15-7-5-8-16(11-15)18(25)22-13-17-9-6-10-27-17;/h5-11H,12-14H2,1-4H3,(H,22,25)(H2,21,23,24);1H. The molecule has 1 aromatic carbocycles. The first-order valence-electron chi connectivity index (χ1n) is 8.83. The van der Waals surface area contributed by atoms with E-state index in [0.29, 0.717) is 31.2 Å². The number of hydrogen-bond donors (Lipinski definition) is 3. The molecule has 7 nitrogen and oxygen atoms in total. The van der Waals surface area contributed by atoms with Crippen molar-refractivity contribution in [1.29, 1.82) is 0 Å². The van der Waals surface area contributed by atoms with E-state index in [0.717, 1.165) is 11.3 Å². The minimum absolute atomic E-state index is 0. The quantitative estimate of drug-likeness (QED) is 0.295. The Kier molecular flexibility index (Phi) is 10.0. The molecule has 0 atom stereocenters. The molecule has 0 bridgehead atoms. The number of methoxy groups -OCH3 is 1. The van der Waals surface area contributed by atoms with Gasteiger partial charge in [0.15, 0.2) is 5.96 Å². The van der Waals surface area contributed by atoms with E-state index in [1.807, 2.05) is 38.1 Å². The van der Waals surface area contributed by atoms with Crippen LogP contribution in [0.2, 0.25) is 0 Å². The molecular weight excluding hydrogens is 471 g/mol. The van der Waals surface area contributed by atoms with E-state index in [1.165, 1.54) is 0 Å². The first-order valence-corrected chi connectivity index (χ1v) is 8.83. The Morgan fingerprint density at radius 3 is 2.57 bits per heavy atom. The van der Waals surface area contributed by atoms with Crippen molar-refractivity contribution in [2.45, 2.75) is 32.5 Å². The highest BCUT2D eigenvalue weighted by molar-refractivity contribution is 14.0. The molecule has 0 saturated heterocycles. The SMILES string of the molecule is CN=C(NCc1cccc(C(=O)NCc2ccco2)c1)NCC(C)(C)OC.I. The average molecular weight is 500 g/mol. The molecule has 0 saturated carbocycles. The maximum atomic E-state index is 12.3. The molecule has 0 unspecified atom stereocenters. The van der Waals surface area contributed by atoms with E-state index in [-0.39, 0.29) is 35.5 Å². The lowest BCUT2D eigenvalue weighted by molar-refractivity contribution is 0.0268. The highest BCUT2D eigenvalue weighted by Gasteiger charge is 2.16. The molecule has 0 fully saturated rings. The Labute approximate surface area is 183 Å². The van der Waals surface area contributed by atoms with Crippen LogP contribution in [0, 0.1) is 0 Å². The number of guanidine groups is 1. The molecule has 8 heteroatoms. The third-order valence-corrected chi connectivity index (χ3v) is 4.11. The Hall–Kier alpha value is -2.07. The highest BCUT2D eigenvalue weighted by Crippen LogP contribution is 2.07. The maximum Gasteiger partial charge on any atom is 0.251 e. The molecule has 0 radical (unpaired) electrons. The number of furan rings is 1. The van der Waals surface area contributed by atoms with Gasteiger partial charge in [-0.05, 0) is 43.7 Å². The first-order chi connectivity index (χ1) is 12.9. The predicted octanol–water partition coefficient (Wildman–Crippen LogP) is 2.92. The number of nitrogens with one attached hydrogen (secondary N) is 3. The van der Waals surface area contributed by atoms with Gasteiger partial charge >= 0.3 is 0 Å². The molecule has 2 aromatic rings. The summed E-state index contributed by atoms with van der Waals surface area (Å²) in [5.74, 6) is 1.25. The normalized spacial score (nSPS) is 11.5. The Morgan fingerprint density at radius 1 is 1.14 bits per heavy atom. The fourth-order valence-corrected chi connectivity index (χ4v) is 2.28. The molecule has 2 rings (SSSR count). The lowest BCUT2D eigenvalue weighted by Crippen LogP contribution is -2.45. The maximum absolute atomic E-state index is 12.3. The summed E-state index contributed by atoms with van der Waals surface area (Å²) in [5.41, 5.74) is 1.29. The van der Waals surface area contributed by atoms with Gasteiger partial charge < -0.3 is 25.1 Å². The van der Waals surface area contributed by atoms with Crippen molar-refractivity contribution in [3.63, 3.8) is 0 Å². The number of aliphatic imine (C=N–C) groups is 1. The summed E-state index contributed by atoms with van der Waals surface area (Å²) in [5, 5.41) is 9.31. The monoisotopic (exact) mass is 500 g/mol. The second kappa shape index (κ2) is 11.7. The van der Waals surface area contributed by atoms with Gasteiger partial charge in [-0.3, -0.25) is 9.79 Å². The number of carbonyl (C=O) groups excluding carboxylic acids is 1. The molecule has 0 aliphatic heterocycles. The second-order valence-corrected chi connectivity index (χ2v) is 6.71. The van der Waals surface area contributed by atoms with E-state index in [2.05, 4.69) is 20.9 Å². The minimum Gasteiger partial charge on any atom is -0.467 e. The van der Waals surface area contributed by atoms with Gasteiger partial charge in [-0.15, -0.1) is 24.0 Å². The fraction of sp³-hybridized carbons (Fsp3) is 0.400. The molecule has 0 aliphatic rings. The first kappa shape index (κ1) is 24.0. The lowest BCUT2D eigenvalue weighted by Gasteiger charge is -2.24. The smallest absolute Gasteiger partial charge is 0.251 e. The fourth-order valence-electron chi connectivity index (χ4n) is 2.28. The summed E-state index contributed by atoms with van der Waals surface area (Å²) < 4.78 is 10.6. The zero-order chi connectivity index (χ0) is 19.7. The summed E-state index contributed by atoms with van der Waals surface area (Å²) >= 11 is 0. The van der Waals surface area contributed by atoms with Crippen LogP contribution in [0.3, 0.4) is 0 Å². The van der Waals surface area contributed by atoms with E-state index in [1.54, 1.807) is 32.6 Å². The molecule has 0 aliphatic carbocycles. The number of halogens is 1. The van der Waals surface area contributed by atoms with Crippen molar-refractivity contribution < 1.29 is 13.9 Å². The van der Waals surface area contributed by atoms with Gasteiger partial charge in [0.25, 0.3) is 5.91 Å². The van der Waals surface area contributed by atoms with Crippen LogP contribution in [0.4, 0.5) is 0 Å². The zero-order valence-electron chi connectivity index (χ0n) is 16.7. The molecule has 3 N–H and O–H groups in total. The number of ether oxygens (including phenoxy) is 1. The van der Waals surface area contributed by atoms with Crippen molar-refractivity contribution >= 4 is 35.8 Å². The largest absolute Gasteiger partial charge is 0.467 e. The van der Waals surface area contributed by atoms with Gasteiger partial charge in [-0.2, -0.15) is 0 Å². The van der Waals surface area contributed by atoms with Gasteiger partial charge in [-0.1, -0.05) is 12.1 Å². The number of rotatable bonds is 8. The van der Waals surface area contributed by atoms with Crippen LogP contribution in [-0.2, 0) is 17.8 Å². The van der Waals surface area contributed by atoms with Crippen molar-refractivity contribution in [1.82, 2.24) is 16.0 Å². The van der Waals surface area contributed by atoms with Crippen LogP contribution >= 0.6 is 24.0 Å². The molecule has 0 spiro atoms. The summed E-state index contributed by atoms with van der Waals surface area (Å²) in [6, 6.07) is 11.1. The van der Waals surface area contributed by atoms with Crippen molar-refractivity contribution in [3.05, 3.63) is 59.5 Å². The number of amides is 1. The number of hydrogen-bond acceptors (Lipinski definition) is 4. The summed E-state index contributed by atoms with van der Waals surface area (Å²) in [6.07, 6.45) is 1.59. The third kappa shape index (κ3) is 7.89. The summed E-state index contributed by atoms with van der Waals surface area (Å²) in [7, 11) is 3.40. The number of benzene rings is 1. The van der Waals surface area contributed by atoms with E-state index in [9.17, 15) is 4.79 Å². The van der Waals surface area contributed by atoms with Gasteiger partial charge in [0, 0.05) is 32.8 Å². The third-order valence-electron chi connectivity index (χ3n) is 4.11. The Bertz CT molecular complexity index is 761. The van der Waals surface area contributed by atoms with Crippen molar-refractivity contribution in [2.24, 2.45) is 4.99 Å². The van der Waals surface area contributed by atoms with E-state index < -0.39 is 0 Å². The molecule has 154 valence electrons. The molecule has 28 heavy (non-hydrogen) atoms. The summed E-state index contributed by atoms with van der Waals surface area (Å²) in [4.78, 5) is 16.5. The van der Waals surface area contributed by atoms with Crippen LogP contribution in [0.5, 0.6) is 0 Å². The van der Waals surface area contributed by atoms with E-state index in [4.69, 9.17) is 9.15 Å². The zero-order valence-corrected chi connectivity index (χ0v) is 19.1. The van der Waals surface area contributed by atoms with E-state index >= 15 is 0 Å².